The number of ether oxygens (including phenoxy) is 1. The molecule has 3 nitrogen and oxygen atoms in total. The molecule has 1 amide bonds. The number of likely N-dealkylation sites (tertiary alicyclic amines) is 1. The Kier molecular flexibility index (Phi) is 4.18. The highest BCUT2D eigenvalue weighted by Gasteiger charge is 2.24. The Bertz CT molecular complexity index is 387. The summed E-state index contributed by atoms with van der Waals surface area (Å²) in [5.41, 5.74) is 1.17. The summed E-state index contributed by atoms with van der Waals surface area (Å²) in [4.78, 5) is 15.1. The highest BCUT2D eigenvalue weighted by Crippen LogP contribution is 2.21. The van der Waals surface area contributed by atoms with E-state index in [-0.39, 0.29) is 5.91 Å². The number of piperidine rings is 1. The van der Waals surface area contributed by atoms with Gasteiger partial charge in [-0.1, -0.05) is 0 Å². The van der Waals surface area contributed by atoms with Crippen molar-refractivity contribution in [3.05, 3.63) is 21.9 Å². The van der Waals surface area contributed by atoms with Crippen LogP contribution in [0.15, 0.2) is 11.4 Å². The lowest BCUT2D eigenvalue weighted by atomic mass is 9.99. The van der Waals surface area contributed by atoms with E-state index in [1.54, 1.807) is 18.4 Å². The summed E-state index contributed by atoms with van der Waals surface area (Å²) in [6.45, 7) is 4.50. The minimum Gasteiger partial charge on any atom is -0.384 e. The topological polar surface area (TPSA) is 29.5 Å². The molecule has 1 fully saturated rings. The number of thiophene rings is 1. The lowest BCUT2D eigenvalue weighted by molar-refractivity contribution is 0.0575. The molecule has 1 saturated heterocycles. The normalized spacial score (nSPS) is 20.6. The molecule has 1 aliphatic heterocycles. The molecule has 0 unspecified atom stereocenters. The van der Waals surface area contributed by atoms with Crippen LogP contribution in [0.4, 0.5) is 0 Å². The van der Waals surface area contributed by atoms with Crippen molar-refractivity contribution in [3.8, 4) is 0 Å². The molecule has 0 N–H and O–H groups in total. The van der Waals surface area contributed by atoms with Gasteiger partial charge < -0.3 is 9.64 Å². The number of amides is 1. The van der Waals surface area contributed by atoms with Crippen LogP contribution in [-0.2, 0) is 4.74 Å². The monoisotopic (exact) mass is 253 g/mol. The third-order valence-corrected chi connectivity index (χ3v) is 4.19. The maximum atomic E-state index is 12.3. The molecule has 94 valence electrons. The summed E-state index contributed by atoms with van der Waals surface area (Å²) >= 11 is 1.54. The number of hydrogen-bond donors (Lipinski definition) is 0. The van der Waals surface area contributed by atoms with Crippen molar-refractivity contribution in [3.63, 3.8) is 0 Å². The number of carbonyl (C=O) groups excluding carboxylic acids is 1. The van der Waals surface area contributed by atoms with E-state index in [4.69, 9.17) is 4.74 Å². The number of aryl methyl sites for hydroxylation is 1. The SMILES string of the molecule is COC[C@H]1CCCN(C(=O)c2cc(C)cs2)C1. The molecule has 17 heavy (non-hydrogen) atoms. The molecule has 4 heteroatoms. The fourth-order valence-electron chi connectivity index (χ4n) is 2.32. The van der Waals surface area contributed by atoms with Gasteiger partial charge in [0.05, 0.1) is 11.5 Å². The maximum Gasteiger partial charge on any atom is 0.263 e. The lowest BCUT2D eigenvalue weighted by Gasteiger charge is -2.32. The van der Waals surface area contributed by atoms with Crippen molar-refractivity contribution >= 4 is 17.2 Å². The maximum absolute atomic E-state index is 12.3. The zero-order chi connectivity index (χ0) is 12.3. The van der Waals surface area contributed by atoms with Gasteiger partial charge in [0.2, 0.25) is 0 Å². The van der Waals surface area contributed by atoms with Crippen molar-refractivity contribution in [2.45, 2.75) is 19.8 Å². The third kappa shape index (κ3) is 3.07. The second-order valence-electron chi connectivity index (χ2n) is 4.70. The van der Waals surface area contributed by atoms with Gasteiger partial charge in [-0.05, 0) is 42.7 Å². The Morgan fingerprint density at radius 3 is 3.12 bits per heavy atom. The Balaban J connectivity index is 1.99. The minimum atomic E-state index is 0.184. The van der Waals surface area contributed by atoms with Crippen molar-refractivity contribution in [2.24, 2.45) is 5.92 Å². The van der Waals surface area contributed by atoms with E-state index in [0.717, 1.165) is 31.0 Å². The van der Waals surface area contributed by atoms with Crippen LogP contribution in [0.5, 0.6) is 0 Å². The first-order valence-electron chi connectivity index (χ1n) is 6.04. The van der Waals surface area contributed by atoms with Crippen molar-refractivity contribution < 1.29 is 9.53 Å². The van der Waals surface area contributed by atoms with E-state index < -0.39 is 0 Å². The predicted octanol–water partition coefficient (Wildman–Crippen LogP) is 2.56. The van der Waals surface area contributed by atoms with Gasteiger partial charge in [-0.25, -0.2) is 0 Å². The Labute approximate surface area is 106 Å². The number of hydrogen-bond acceptors (Lipinski definition) is 3. The summed E-state index contributed by atoms with van der Waals surface area (Å²) in [5.74, 6) is 0.683. The Hall–Kier alpha value is -0.870. The smallest absolute Gasteiger partial charge is 0.263 e. The van der Waals surface area contributed by atoms with Gasteiger partial charge in [-0.15, -0.1) is 11.3 Å². The highest BCUT2D eigenvalue weighted by atomic mass is 32.1. The van der Waals surface area contributed by atoms with Gasteiger partial charge in [-0.3, -0.25) is 4.79 Å². The average Bonchev–Trinajstić information content (AvgIpc) is 2.76. The number of rotatable bonds is 3. The van der Waals surface area contributed by atoms with Crippen LogP contribution in [-0.4, -0.2) is 37.6 Å². The van der Waals surface area contributed by atoms with E-state index in [2.05, 4.69) is 0 Å². The second kappa shape index (κ2) is 5.65. The first-order chi connectivity index (χ1) is 8.20. The van der Waals surface area contributed by atoms with Gasteiger partial charge >= 0.3 is 0 Å². The quantitative estimate of drug-likeness (QED) is 0.828. The molecule has 2 rings (SSSR count). The van der Waals surface area contributed by atoms with E-state index in [1.807, 2.05) is 23.3 Å². The highest BCUT2D eigenvalue weighted by molar-refractivity contribution is 7.12. The largest absolute Gasteiger partial charge is 0.384 e. The number of nitrogens with zero attached hydrogens (tertiary/aromatic N) is 1. The molecule has 0 saturated carbocycles. The number of methoxy groups -OCH3 is 1. The Morgan fingerprint density at radius 2 is 2.47 bits per heavy atom. The van der Waals surface area contributed by atoms with Crippen LogP contribution in [0.1, 0.15) is 28.1 Å². The molecular weight excluding hydrogens is 234 g/mol. The second-order valence-corrected chi connectivity index (χ2v) is 5.61. The van der Waals surface area contributed by atoms with Gasteiger partial charge in [0.15, 0.2) is 0 Å². The Morgan fingerprint density at radius 1 is 1.65 bits per heavy atom. The van der Waals surface area contributed by atoms with Crippen molar-refractivity contribution in [1.82, 2.24) is 4.90 Å². The minimum absolute atomic E-state index is 0.184. The standard InChI is InChI=1S/C13H19NO2S/c1-10-6-12(17-9-10)13(15)14-5-3-4-11(7-14)8-16-2/h6,9,11H,3-5,7-8H2,1-2H3/t11-/m0/s1. The van der Waals surface area contributed by atoms with Crippen molar-refractivity contribution in [2.75, 3.05) is 26.8 Å². The third-order valence-electron chi connectivity index (χ3n) is 3.15. The summed E-state index contributed by atoms with van der Waals surface area (Å²) in [6.07, 6.45) is 2.26. The summed E-state index contributed by atoms with van der Waals surface area (Å²) in [7, 11) is 1.73. The van der Waals surface area contributed by atoms with Gasteiger partial charge in [0.1, 0.15) is 0 Å². The van der Waals surface area contributed by atoms with Crippen LogP contribution in [0.25, 0.3) is 0 Å². The fraction of sp³-hybridized carbons (Fsp3) is 0.615. The molecule has 0 aliphatic carbocycles. The average molecular weight is 253 g/mol. The molecule has 1 aliphatic rings. The molecule has 1 aromatic rings. The summed E-state index contributed by atoms with van der Waals surface area (Å²) in [6, 6.07) is 1.98. The summed E-state index contributed by atoms with van der Waals surface area (Å²) in [5, 5.41) is 2.03. The van der Waals surface area contributed by atoms with E-state index in [1.165, 1.54) is 12.0 Å². The zero-order valence-electron chi connectivity index (χ0n) is 10.4. The van der Waals surface area contributed by atoms with Gasteiger partial charge in [0.25, 0.3) is 5.91 Å². The lowest BCUT2D eigenvalue weighted by Crippen LogP contribution is -2.40. The van der Waals surface area contributed by atoms with Gasteiger partial charge in [-0.2, -0.15) is 0 Å². The molecule has 0 aromatic carbocycles. The molecule has 0 spiro atoms. The molecule has 1 aromatic heterocycles. The van der Waals surface area contributed by atoms with Crippen LogP contribution >= 0.6 is 11.3 Å². The molecule has 2 heterocycles. The van der Waals surface area contributed by atoms with E-state index in [0.29, 0.717) is 5.92 Å². The first kappa shape index (κ1) is 12.6. The van der Waals surface area contributed by atoms with Crippen LogP contribution < -0.4 is 0 Å². The van der Waals surface area contributed by atoms with Gasteiger partial charge in [0, 0.05) is 20.2 Å². The molecular formula is C13H19NO2S. The van der Waals surface area contributed by atoms with Crippen molar-refractivity contribution in [1.29, 1.82) is 0 Å². The fourth-order valence-corrected chi connectivity index (χ4v) is 3.19. The van der Waals surface area contributed by atoms with Crippen LogP contribution in [0, 0.1) is 12.8 Å². The van der Waals surface area contributed by atoms with Crippen LogP contribution in [0.2, 0.25) is 0 Å². The summed E-state index contributed by atoms with van der Waals surface area (Å²) < 4.78 is 5.18. The van der Waals surface area contributed by atoms with Crippen LogP contribution in [0.3, 0.4) is 0 Å². The predicted molar refractivity (Wildman–Crippen MR) is 69.6 cm³/mol. The molecule has 0 bridgehead atoms. The molecule has 0 radical (unpaired) electrons. The first-order valence-corrected chi connectivity index (χ1v) is 6.92. The number of carbonyl (C=O) groups is 1. The van der Waals surface area contributed by atoms with E-state index >= 15 is 0 Å². The zero-order valence-corrected chi connectivity index (χ0v) is 11.3. The molecule has 1 atom stereocenters. The van der Waals surface area contributed by atoms with E-state index in [9.17, 15) is 4.79 Å².